The van der Waals surface area contributed by atoms with E-state index in [0.29, 0.717) is 6.54 Å². The molecule has 2 N–H and O–H groups in total. The van der Waals surface area contributed by atoms with Crippen molar-refractivity contribution in [3.8, 4) is 0 Å². The molecule has 11 heavy (non-hydrogen) atoms. The highest BCUT2D eigenvalue weighted by molar-refractivity contribution is 5.91. The summed E-state index contributed by atoms with van der Waals surface area (Å²) in [4.78, 5) is 21.3. The second-order valence-corrected chi connectivity index (χ2v) is 1.94. The standard InChI is InChI=1S/C6H8N2O3/c1-2-7-6(10)4-3-5(9)11-8-4/h3,8H,2H2,1H3,(H,7,10). The predicted octanol–water partition coefficient (Wildman–Crippen LogP) is -0.282. The van der Waals surface area contributed by atoms with Gasteiger partial charge in [0, 0.05) is 6.54 Å². The van der Waals surface area contributed by atoms with Gasteiger partial charge in [-0.05, 0) is 6.92 Å². The maximum Gasteiger partial charge on any atom is 0.358 e. The summed E-state index contributed by atoms with van der Waals surface area (Å²) in [5, 5.41) is 4.70. The van der Waals surface area contributed by atoms with Crippen LogP contribution in [0.5, 0.6) is 0 Å². The fraction of sp³-hybridized carbons (Fsp3) is 0.333. The molecule has 60 valence electrons. The fourth-order valence-electron chi connectivity index (χ4n) is 0.650. The first-order chi connectivity index (χ1) is 5.24. The van der Waals surface area contributed by atoms with Crippen LogP contribution >= 0.6 is 0 Å². The highest BCUT2D eigenvalue weighted by Crippen LogP contribution is 1.87. The molecule has 5 heteroatoms. The maximum absolute atomic E-state index is 10.9. The van der Waals surface area contributed by atoms with Crippen LogP contribution in [-0.2, 0) is 0 Å². The molecule has 0 saturated carbocycles. The monoisotopic (exact) mass is 156 g/mol. The Morgan fingerprint density at radius 2 is 2.55 bits per heavy atom. The van der Waals surface area contributed by atoms with Crippen molar-refractivity contribution in [2.45, 2.75) is 6.92 Å². The van der Waals surface area contributed by atoms with Gasteiger partial charge in [0.05, 0.1) is 6.07 Å². The summed E-state index contributed by atoms with van der Waals surface area (Å²) >= 11 is 0. The minimum Gasteiger partial charge on any atom is -0.351 e. The molecule has 1 aromatic heterocycles. The molecule has 0 aromatic carbocycles. The lowest BCUT2D eigenvalue weighted by atomic mass is 10.4. The van der Waals surface area contributed by atoms with Gasteiger partial charge >= 0.3 is 5.63 Å². The summed E-state index contributed by atoms with van der Waals surface area (Å²) in [5.41, 5.74) is -0.400. The van der Waals surface area contributed by atoms with E-state index < -0.39 is 5.63 Å². The van der Waals surface area contributed by atoms with Gasteiger partial charge < -0.3 is 9.84 Å². The molecule has 0 aliphatic heterocycles. The number of H-pyrrole nitrogens is 1. The Bertz CT molecular complexity index is 299. The van der Waals surface area contributed by atoms with Crippen LogP contribution in [0.4, 0.5) is 0 Å². The van der Waals surface area contributed by atoms with Crippen molar-refractivity contribution in [3.63, 3.8) is 0 Å². The van der Waals surface area contributed by atoms with Gasteiger partial charge in [0.25, 0.3) is 5.91 Å². The number of amides is 1. The number of aromatic amines is 1. The molecule has 0 aliphatic rings. The smallest absolute Gasteiger partial charge is 0.351 e. The zero-order chi connectivity index (χ0) is 8.27. The third kappa shape index (κ3) is 1.70. The SMILES string of the molecule is CCNC(=O)c1cc(=O)o[nH]1. The van der Waals surface area contributed by atoms with Gasteiger partial charge in [-0.3, -0.25) is 4.79 Å². The number of carbonyl (C=O) groups is 1. The van der Waals surface area contributed by atoms with Gasteiger partial charge in [-0.15, -0.1) is 0 Å². The second kappa shape index (κ2) is 3.05. The number of nitrogens with one attached hydrogen (secondary N) is 2. The Morgan fingerprint density at radius 1 is 1.82 bits per heavy atom. The summed E-state index contributed by atoms with van der Waals surface area (Å²) < 4.78 is 4.29. The number of carbonyl (C=O) groups excluding carboxylic acids is 1. The molecule has 0 aliphatic carbocycles. The van der Waals surface area contributed by atoms with Crippen LogP contribution in [0.15, 0.2) is 15.4 Å². The Balaban J connectivity index is 2.76. The summed E-state index contributed by atoms with van der Waals surface area (Å²) in [6.07, 6.45) is 0. The first kappa shape index (κ1) is 7.59. The molecule has 1 aromatic rings. The average molecular weight is 156 g/mol. The first-order valence-corrected chi connectivity index (χ1v) is 3.20. The lowest BCUT2D eigenvalue weighted by Crippen LogP contribution is -2.22. The molecule has 1 amide bonds. The number of hydrogen-bond acceptors (Lipinski definition) is 3. The van der Waals surface area contributed by atoms with E-state index in [0.717, 1.165) is 6.07 Å². The quantitative estimate of drug-likeness (QED) is 0.618. The highest BCUT2D eigenvalue weighted by atomic mass is 16.5. The minimum absolute atomic E-state index is 0.150. The second-order valence-electron chi connectivity index (χ2n) is 1.94. The average Bonchev–Trinajstić information content (AvgIpc) is 2.36. The zero-order valence-electron chi connectivity index (χ0n) is 6.01. The molecule has 5 nitrogen and oxygen atoms in total. The van der Waals surface area contributed by atoms with Crippen molar-refractivity contribution in [3.05, 3.63) is 22.2 Å². The Kier molecular flexibility index (Phi) is 2.10. The van der Waals surface area contributed by atoms with Gasteiger partial charge in [-0.25, -0.2) is 9.95 Å². The molecule has 0 atom stereocenters. The predicted molar refractivity (Wildman–Crippen MR) is 37.3 cm³/mol. The fourth-order valence-corrected chi connectivity index (χ4v) is 0.650. The molecule has 1 rings (SSSR count). The van der Waals surface area contributed by atoms with Gasteiger partial charge in [-0.2, -0.15) is 0 Å². The van der Waals surface area contributed by atoms with E-state index in [1.807, 2.05) is 0 Å². The van der Waals surface area contributed by atoms with Gasteiger partial charge in [-0.1, -0.05) is 0 Å². The van der Waals surface area contributed by atoms with Crippen molar-refractivity contribution >= 4 is 5.91 Å². The Labute approximate surface area is 62.4 Å². The van der Waals surface area contributed by atoms with Crippen molar-refractivity contribution in [2.24, 2.45) is 0 Å². The molecule has 0 radical (unpaired) electrons. The van der Waals surface area contributed by atoms with E-state index in [-0.39, 0.29) is 11.6 Å². The summed E-state index contributed by atoms with van der Waals surface area (Å²) in [6, 6.07) is 1.10. The Morgan fingerprint density at radius 3 is 3.00 bits per heavy atom. The van der Waals surface area contributed by atoms with Crippen LogP contribution in [-0.4, -0.2) is 17.6 Å². The molecule has 0 saturated heterocycles. The highest BCUT2D eigenvalue weighted by Gasteiger charge is 2.06. The van der Waals surface area contributed by atoms with Crippen LogP contribution < -0.4 is 10.9 Å². The molecule has 1 heterocycles. The van der Waals surface area contributed by atoms with Crippen LogP contribution in [0.3, 0.4) is 0 Å². The van der Waals surface area contributed by atoms with E-state index in [1.54, 1.807) is 6.92 Å². The van der Waals surface area contributed by atoms with Crippen molar-refractivity contribution in [2.75, 3.05) is 6.54 Å². The third-order valence-electron chi connectivity index (χ3n) is 1.11. The lowest BCUT2D eigenvalue weighted by molar-refractivity contribution is 0.0946. The third-order valence-corrected chi connectivity index (χ3v) is 1.11. The van der Waals surface area contributed by atoms with Crippen LogP contribution in [0.25, 0.3) is 0 Å². The van der Waals surface area contributed by atoms with Crippen molar-refractivity contribution < 1.29 is 9.32 Å². The summed E-state index contributed by atoms with van der Waals surface area (Å²) in [7, 11) is 0. The first-order valence-electron chi connectivity index (χ1n) is 3.20. The minimum atomic E-state index is -0.550. The normalized spacial score (nSPS) is 9.55. The van der Waals surface area contributed by atoms with E-state index in [1.165, 1.54) is 0 Å². The number of aromatic nitrogens is 1. The van der Waals surface area contributed by atoms with Crippen molar-refractivity contribution in [1.29, 1.82) is 0 Å². The van der Waals surface area contributed by atoms with Crippen LogP contribution in [0.2, 0.25) is 0 Å². The summed E-state index contributed by atoms with van der Waals surface area (Å²) in [5.74, 6) is -0.335. The van der Waals surface area contributed by atoms with Crippen LogP contribution in [0.1, 0.15) is 17.4 Å². The van der Waals surface area contributed by atoms with Gasteiger partial charge in [0.15, 0.2) is 0 Å². The number of hydrogen-bond donors (Lipinski definition) is 2. The molecule has 0 unspecified atom stereocenters. The topological polar surface area (TPSA) is 75.1 Å². The van der Waals surface area contributed by atoms with E-state index in [9.17, 15) is 9.59 Å². The van der Waals surface area contributed by atoms with Crippen molar-refractivity contribution in [1.82, 2.24) is 10.5 Å². The lowest BCUT2D eigenvalue weighted by Gasteiger charge is -1.94. The van der Waals surface area contributed by atoms with E-state index in [2.05, 4.69) is 15.0 Å². The van der Waals surface area contributed by atoms with Crippen LogP contribution in [0, 0.1) is 0 Å². The maximum atomic E-state index is 10.9. The van der Waals surface area contributed by atoms with E-state index in [4.69, 9.17) is 0 Å². The molecular weight excluding hydrogens is 148 g/mol. The Hall–Kier alpha value is -1.52. The molecule has 0 bridgehead atoms. The summed E-state index contributed by atoms with van der Waals surface area (Å²) in [6.45, 7) is 2.31. The molecule has 0 fully saturated rings. The molecule has 0 spiro atoms. The largest absolute Gasteiger partial charge is 0.358 e. The number of rotatable bonds is 2. The van der Waals surface area contributed by atoms with Gasteiger partial charge in [0.2, 0.25) is 0 Å². The van der Waals surface area contributed by atoms with Gasteiger partial charge in [0.1, 0.15) is 5.69 Å². The molecular formula is C6H8N2O3. The van der Waals surface area contributed by atoms with E-state index >= 15 is 0 Å². The zero-order valence-corrected chi connectivity index (χ0v) is 6.01.